The number of nitrogens with one attached hydrogen (secondary N) is 1. The molecule has 0 aliphatic carbocycles. The first-order valence-corrected chi connectivity index (χ1v) is 6.45. The summed E-state index contributed by atoms with van der Waals surface area (Å²) >= 11 is 0. The number of carbonyl (C=O) groups is 2. The fourth-order valence-electron chi connectivity index (χ4n) is 2.11. The predicted molar refractivity (Wildman–Crippen MR) is 74.3 cm³/mol. The molecule has 3 amide bonds. The standard InChI is InChI=1S/C14H19N3O2/c1-16(2)13(18)11-6-5-7-12(10-11)15-14(19)17-8-3-4-9-17/h5-7,10H,3-4,8-9H2,1-2H3,(H,15,19). The zero-order valence-corrected chi connectivity index (χ0v) is 11.3. The van der Waals surface area contributed by atoms with Gasteiger partial charge in [0.1, 0.15) is 0 Å². The number of rotatable bonds is 2. The SMILES string of the molecule is CN(C)C(=O)c1cccc(NC(=O)N2CCCC2)c1. The van der Waals surface area contributed by atoms with Crippen molar-refractivity contribution in [2.24, 2.45) is 0 Å². The molecule has 1 fully saturated rings. The monoisotopic (exact) mass is 261 g/mol. The van der Waals surface area contributed by atoms with E-state index in [1.165, 1.54) is 4.90 Å². The summed E-state index contributed by atoms with van der Waals surface area (Å²) in [7, 11) is 3.41. The Morgan fingerprint density at radius 3 is 2.53 bits per heavy atom. The molecule has 102 valence electrons. The highest BCUT2D eigenvalue weighted by molar-refractivity contribution is 5.96. The third-order valence-corrected chi connectivity index (χ3v) is 3.16. The van der Waals surface area contributed by atoms with E-state index in [2.05, 4.69) is 5.32 Å². The lowest BCUT2D eigenvalue weighted by atomic mass is 10.2. The van der Waals surface area contributed by atoms with E-state index >= 15 is 0 Å². The van der Waals surface area contributed by atoms with Crippen molar-refractivity contribution in [3.8, 4) is 0 Å². The summed E-state index contributed by atoms with van der Waals surface area (Å²) in [6.07, 6.45) is 2.12. The number of likely N-dealkylation sites (tertiary alicyclic amines) is 1. The second-order valence-electron chi connectivity index (χ2n) is 4.90. The van der Waals surface area contributed by atoms with E-state index in [1.807, 2.05) is 0 Å². The highest BCUT2D eigenvalue weighted by Gasteiger charge is 2.18. The molecule has 1 heterocycles. The van der Waals surface area contributed by atoms with E-state index in [9.17, 15) is 9.59 Å². The molecule has 5 heteroatoms. The van der Waals surface area contributed by atoms with Gasteiger partial charge in [-0.15, -0.1) is 0 Å². The van der Waals surface area contributed by atoms with Gasteiger partial charge in [-0.25, -0.2) is 4.79 Å². The zero-order valence-electron chi connectivity index (χ0n) is 11.3. The molecule has 19 heavy (non-hydrogen) atoms. The van der Waals surface area contributed by atoms with E-state index in [0.29, 0.717) is 11.3 Å². The third-order valence-electron chi connectivity index (χ3n) is 3.16. The second-order valence-corrected chi connectivity index (χ2v) is 4.90. The van der Waals surface area contributed by atoms with Gasteiger partial charge in [-0.3, -0.25) is 4.79 Å². The van der Waals surface area contributed by atoms with Crippen molar-refractivity contribution < 1.29 is 9.59 Å². The van der Waals surface area contributed by atoms with Gasteiger partial charge in [0.15, 0.2) is 0 Å². The maximum absolute atomic E-state index is 11.9. The Balaban J connectivity index is 2.06. The minimum absolute atomic E-state index is 0.0720. The fraction of sp³-hybridized carbons (Fsp3) is 0.429. The largest absolute Gasteiger partial charge is 0.345 e. The first-order chi connectivity index (χ1) is 9.08. The van der Waals surface area contributed by atoms with Crippen LogP contribution in [0.4, 0.5) is 10.5 Å². The molecular formula is C14H19N3O2. The van der Waals surface area contributed by atoms with Crippen molar-refractivity contribution >= 4 is 17.6 Å². The molecule has 0 unspecified atom stereocenters. The first kappa shape index (κ1) is 13.4. The van der Waals surface area contributed by atoms with Crippen molar-refractivity contribution in [1.82, 2.24) is 9.80 Å². The molecule has 0 spiro atoms. The number of urea groups is 1. The van der Waals surface area contributed by atoms with Crippen LogP contribution < -0.4 is 5.32 Å². The molecule has 1 aliphatic rings. The van der Waals surface area contributed by atoms with Crippen LogP contribution in [0.25, 0.3) is 0 Å². The predicted octanol–water partition coefficient (Wildman–Crippen LogP) is 2.02. The normalized spacial score (nSPS) is 14.3. The molecule has 1 aliphatic heterocycles. The van der Waals surface area contributed by atoms with Gasteiger partial charge in [-0.1, -0.05) is 6.07 Å². The van der Waals surface area contributed by atoms with E-state index in [4.69, 9.17) is 0 Å². The average Bonchev–Trinajstić information content (AvgIpc) is 2.92. The third kappa shape index (κ3) is 3.24. The molecule has 1 N–H and O–H groups in total. The van der Waals surface area contributed by atoms with Crippen LogP contribution in [0.3, 0.4) is 0 Å². The molecule has 0 aromatic heterocycles. The van der Waals surface area contributed by atoms with Crippen molar-refractivity contribution in [3.63, 3.8) is 0 Å². The summed E-state index contributed by atoms with van der Waals surface area (Å²) in [6.45, 7) is 1.62. The summed E-state index contributed by atoms with van der Waals surface area (Å²) in [5.41, 5.74) is 1.23. The van der Waals surface area contributed by atoms with Crippen molar-refractivity contribution in [3.05, 3.63) is 29.8 Å². The van der Waals surface area contributed by atoms with Gasteiger partial charge in [0, 0.05) is 38.4 Å². The number of carbonyl (C=O) groups excluding carboxylic acids is 2. The topological polar surface area (TPSA) is 52.7 Å². The minimum Gasteiger partial charge on any atom is -0.345 e. The quantitative estimate of drug-likeness (QED) is 0.885. The average molecular weight is 261 g/mol. The molecule has 0 radical (unpaired) electrons. The highest BCUT2D eigenvalue weighted by atomic mass is 16.2. The van der Waals surface area contributed by atoms with Gasteiger partial charge in [0.05, 0.1) is 0 Å². The van der Waals surface area contributed by atoms with Gasteiger partial charge in [-0.05, 0) is 31.0 Å². The summed E-state index contributed by atoms with van der Waals surface area (Å²) in [5, 5.41) is 2.83. The number of amides is 3. The first-order valence-electron chi connectivity index (χ1n) is 6.45. The van der Waals surface area contributed by atoms with Gasteiger partial charge in [0.2, 0.25) is 0 Å². The lowest BCUT2D eigenvalue weighted by molar-refractivity contribution is 0.0827. The van der Waals surface area contributed by atoms with E-state index in [-0.39, 0.29) is 11.9 Å². The maximum Gasteiger partial charge on any atom is 0.321 e. The molecule has 2 rings (SSSR count). The molecule has 5 nitrogen and oxygen atoms in total. The fourth-order valence-corrected chi connectivity index (χ4v) is 2.11. The number of hydrogen-bond acceptors (Lipinski definition) is 2. The molecular weight excluding hydrogens is 242 g/mol. The van der Waals surface area contributed by atoms with Crippen molar-refractivity contribution in [1.29, 1.82) is 0 Å². The van der Waals surface area contributed by atoms with Gasteiger partial charge >= 0.3 is 6.03 Å². The Hall–Kier alpha value is -2.04. The Labute approximate surface area is 113 Å². The Bertz CT molecular complexity index is 479. The lowest BCUT2D eigenvalue weighted by Crippen LogP contribution is -2.32. The van der Waals surface area contributed by atoms with Crippen LogP contribution in [0.1, 0.15) is 23.2 Å². The summed E-state index contributed by atoms with van der Waals surface area (Å²) in [4.78, 5) is 27.1. The molecule has 0 saturated carbocycles. The van der Waals surface area contributed by atoms with Gasteiger partial charge in [0.25, 0.3) is 5.91 Å². The summed E-state index contributed by atoms with van der Waals surface area (Å²) in [5.74, 6) is -0.0720. The van der Waals surface area contributed by atoms with E-state index in [0.717, 1.165) is 25.9 Å². The van der Waals surface area contributed by atoms with Gasteiger partial charge in [-0.2, -0.15) is 0 Å². The number of nitrogens with zero attached hydrogens (tertiary/aromatic N) is 2. The molecule has 1 aromatic rings. The summed E-state index contributed by atoms with van der Waals surface area (Å²) < 4.78 is 0. The highest BCUT2D eigenvalue weighted by Crippen LogP contribution is 2.14. The minimum atomic E-state index is -0.0908. The molecule has 0 atom stereocenters. The Morgan fingerprint density at radius 2 is 1.89 bits per heavy atom. The zero-order chi connectivity index (χ0) is 13.8. The van der Waals surface area contributed by atoms with E-state index in [1.54, 1.807) is 43.3 Å². The van der Waals surface area contributed by atoms with Crippen LogP contribution in [-0.4, -0.2) is 48.9 Å². The lowest BCUT2D eigenvalue weighted by Gasteiger charge is -2.17. The smallest absolute Gasteiger partial charge is 0.321 e. The number of anilines is 1. The summed E-state index contributed by atoms with van der Waals surface area (Å²) in [6, 6.07) is 6.92. The van der Waals surface area contributed by atoms with Crippen LogP contribution in [0.2, 0.25) is 0 Å². The van der Waals surface area contributed by atoms with Crippen LogP contribution >= 0.6 is 0 Å². The van der Waals surface area contributed by atoms with Crippen molar-refractivity contribution in [2.75, 3.05) is 32.5 Å². The van der Waals surface area contributed by atoms with Crippen LogP contribution in [0, 0.1) is 0 Å². The molecule has 0 bridgehead atoms. The Kier molecular flexibility index (Phi) is 4.04. The molecule has 1 aromatic carbocycles. The number of hydrogen-bond donors (Lipinski definition) is 1. The maximum atomic E-state index is 11.9. The Morgan fingerprint density at radius 1 is 1.21 bits per heavy atom. The van der Waals surface area contributed by atoms with Gasteiger partial charge < -0.3 is 15.1 Å². The second kappa shape index (κ2) is 5.73. The number of benzene rings is 1. The molecule has 1 saturated heterocycles. The van der Waals surface area contributed by atoms with Crippen LogP contribution in [-0.2, 0) is 0 Å². The van der Waals surface area contributed by atoms with Crippen molar-refractivity contribution in [2.45, 2.75) is 12.8 Å². The van der Waals surface area contributed by atoms with Crippen LogP contribution in [0.15, 0.2) is 24.3 Å². The van der Waals surface area contributed by atoms with E-state index < -0.39 is 0 Å². The van der Waals surface area contributed by atoms with Crippen LogP contribution in [0.5, 0.6) is 0 Å².